The molecule has 0 bridgehead atoms. The molecule has 98 valence electrons. The van der Waals surface area contributed by atoms with Crippen molar-refractivity contribution in [3.63, 3.8) is 0 Å². The number of anilines is 1. The van der Waals surface area contributed by atoms with Gasteiger partial charge < -0.3 is 10.8 Å². The molecule has 1 unspecified atom stereocenters. The van der Waals surface area contributed by atoms with Crippen LogP contribution in [0.1, 0.15) is 13.8 Å². The van der Waals surface area contributed by atoms with Crippen LogP contribution < -0.4 is 10.5 Å². The summed E-state index contributed by atoms with van der Waals surface area (Å²) in [6.45, 7) is 4.21. The molecule has 1 atom stereocenters. The first-order chi connectivity index (χ1) is 7.90. The van der Waals surface area contributed by atoms with E-state index in [4.69, 9.17) is 10.8 Å². The molecule has 1 heterocycles. The number of nitrogens with zero attached hydrogens (tertiary/aromatic N) is 2. The molecule has 1 rings (SSSR count). The van der Waals surface area contributed by atoms with E-state index in [-0.39, 0.29) is 29.8 Å². The highest BCUT2D eigenvalue weighted by Crippen LogP contribution is 2.15. The molecule has 7 nitrogen and oxygen atoms in total. The number of aromatic nitrogens is 2. The van der Waals surface area contributed by atoms with Gasteiger partial charge in [-0.05, 0) is 12.8 Å². The molecule has 0 radical (unpaired) electrons. The highest BCUT2D eigenvalue weighted by molar-refractivity contribution is 7.89. The van der Waals surface area contributed by atoms with Crippen LogP contribution in [0, 0.1) is 5.92 Å². The van der Waals surface area contributed by atoms with E-state index in [1.54, 1.807) is 6.92 Å². The Kier molecular flexibility index (Phi) is 4.49. The number of aliphatic hydroxyl groups is 1. The molecule has 0 fully saturated rings. The number of hydrogen-bond acceptors (Lipinski definition) is 5. The van der Waals surface area contributed by atoms with Crippen molar-refractivity contribution in [2.45, 2.75) is 25.3 Å². The molecule has 0 spiro atoms. The molecule has 1 aromatic rings. The molecule has 0 aliphatic rings. The highest BCUT2D eigenvalue weighted by Gasteiger charge is 2.21. The van der Waals surface area contributed by atoms with Crippen molar-refractivity contribution >= 4 is 15.8 Å². The van der Waals surface area contributed by atoms with Gasteiger partial charge in [-0.15, -0.1) is 0 Å². The maximum Gasteiger partial charge on any atom is 0.245 e. The molecule has 0 saturated carbocycles. The van der Waals surface area contributed by atoms with Gasteiger partial charge in [0.25, 0.3) is 0 Å². The minimum Gasteiger partial charge on any atom is -0.396 e. The van der Waals surface area contributed by atoms with E-state index in [0.29, 0.717) is 6.54 Å². The summed E-state index contributed by atoms with van der Waals surface area (Å²) in [4.78, 5) is -0.0236. The standard InChI is InChI=1S/C9H18N4O3S/c1-3-13-5-8(9(10)12-13)17(15,16)11-4-7(2)6-14/h5,7,11,14H,3-4,6H2,1-2H3,(H2,10,12). The Hall–Kier alpha value is -1.12. The van der Waals surface area contributed by atoms with E-state index < -0.39 is 10.0 Å². The summed E-state index contributed by atoms with van der Waals surface area (Å²) in [5, 5.41) is 12.7. The quantitative estimate of drug-likeness (QED) is 0.633. The Bertz CT molecular complexity index is 469. The average Bonchev–Trinajstić information content (AvgIpc) is 2.68. The fourth-order valence-corrected chi connectivity index (χ4v) is 2.42. The number of sulfonamides is 1. The summed E-state index contributed by atoms with van der Waals surface area (Å²) < 4.78 is 27.6. The molecule has 4 N–H and O–H groups in total. The van der Waals surface area contributed by atoms with Crippen molar-refractivity contribution in [3.05, 3.63) is 6.20 Å². The van der Waals surface area contributed by atoms with Crippen LogP contribution in [-0.2, 0) is 16.6 Å². The molecule has 8 heteroatoms. The van der Waals surface area contributed by atoms with E-state index in [2.05, 4.69) is 9.82 Å². The second-order valence-electron chi connectivity index (χ2n) is 3.87. The number of nitrogens with one attached hydrogen (secondary N) is 1. The minimum absolute atomic E-state index is 0.0176. The summed E-state index contributed by atoms with van der Waals surface area (Å²) in [7, 11) is -3.65. The first-order valence-corrected chi connectivity index (χ1v) is 6.82. The largest absolute Gasteiger partial charge is 0.396 e. The van der Waals surface area contributed by atoms with Crippen LogP contribution in [0.25, 0.3) is 0 Å². The lowest BCUT2D eigenvalue weighted by atomic mass is 10.2. The normalized spacial score (nSPS) is 13.8. The van der Waals surface area contributed by atoms with Gasteiger partial charge in [0.2, 0.25) is 10.0 Å². The van der Waals surface area contributed by atoms with Crippen LogP contribution in [0.15, 0.2) is 11.1 Å². The van der Waals surface area contributed by atoms with Gasteiger partial charge in [-0.25, -0.2) is 13.1 Å². The van der Waals surface area contributed by atoms with Gasteiger partial charge in [-0.3, -0.25) is 4.68 Å². The lowest BCUT2D eigenvalue weighted by Gasteiger charge is -2.09. The fraction of sp³-hybridized carbons (Fsp3) is 0.667. The van der Waals surface area contributed by atoms with Gasteiger partial charge in [0.1, 0.15) is 4.90 Å². The summed E-state index contributed by atoms with van der Waals surface area (Å²) in [5.74, 6) is -0.164. The van der Waals surface area contributed by atoms with Gasteiger partial charge in [0.15, 0.2) is 5.82 Å². The smallest absolute Gasteiger partial charge is 0.245 e. The average molecular weight is 262 g/mol. The van der Waals surface area contributed by atoms with Crippen molar-refractivity contribution in [2.75, 3.05) is 18.9 Å². The maximum atomic E-state index is 11.9. The summed E-state index contributed by atoms with van der Waals surface area (Å²) in [6.07, 6.45) is 1.39. The second kappa shape index (κ2) is 5.48. The molecule has 1 aromatic heterocycles. The van der Waals surface area contributed by atoms with Crippen molar-refractivity contribution in [1.29, 1.82) is 0 Å². The third-order valence-electron chi connectivity index (χ3n) is 2.30. The molecule has 0 aliphatic heterocycles. The zero-order valence-electron chi connectivity index (χ0n) is 9.92. The summed E-state index contributed by atoms with van der Waals surface area (Å²) >= 11 is 0. The topological polar surface area (TPSA) is 110 Å². The summed E-state index contributed by atoms with van der Waals surface area (Å²) in [5.41, 5.74) is 5.54. The predicted octanol–water partition coefficient (Wildman–Crippen LogP) is -0.608. The molecule has 0 amide bonds. The minimum atomic E-state index is -3.65. The van der Waals surface area contributed by atoms with Crippen molar-refractivity contribution < 1.29 is 13.5 Å². The molecule has 0 aromatic carbocycles. The SMILES string of the molecule is CCn1cc(S(=O)(=O)NCC(C)CO)c(N)n1. The lowest BCUT2D eigenvalue weighted by Crippen LogP contribution is -2.29. The first-order valence-electron chi connectivity index (χ1n) is 5.34. The lowest BCUT2D eigenvalue weighted by molar-refractivity contribution is 0.238. The maximum absolute atomic E-state index is 11.9. The number of nitrogens with two attached hydrogens (primary N) is 1. The Morgan fingerprint density at radius 1 is 1.65 bits per heavy atom. The third-order valence-corrected chi connectivity index (χ3v) is 3.74. The monoisotopic (exact) mass is 262 g/mol. The number of aryl methyl sites for hydroxylation is 1. The van der Waals surface area contributed by atoms with Crippen molar-refractivity contribution in [3.8, 4) is 0 Å². The van der Waals surface area contributed by atoms with Gasteiger partial charge in [0, 0.05) is 25.9 Å². The first kappa shape index (κ1) is 13.9. The van der Waals surface area contributed by atoms with E-state index >= 15 is 0 Å². The van der Waals surface area contributed by atoms with Crippen LogP contribution in [0.3, 0.4) is 0 Å². The van der Waals surface area contributed by atoms with Crippen LogP contribution >= 0.6 is 0 Å². The van der Waals surface area contributed by atoms with Crippen LogP contribution in [0.5, 0.6) is 0 Å². The van der Waals surface area contributed by atoms with Crippen LogP contribution in [0.4, 0.5) is 5.82 Å². The molecule has 0 aliphatic carbocycles. The Balaban J connectivity index is 2.85. The van der Waals surface area contributed by atoms with E-state index in [0.717, 1.165) is 0 Å². The summed E-state index contributed by atoms with van der Waals surface area (Å²) in [6, 6.07) is 0. The number of nitrogen functional groups attached to an aromatic ring is 1. The third kappa shape index (κ3) is 3.42. The molecule has 0 saturated heterocycles. The van der Waals surface area contributed by atoms with E-state index in [1.807, 2.05) is 6.92 Å². The van der Waals surface area contributed by atoms with E-state index in [1.165, 1.54) is 10.9 Å². The zero-order valence-corrected chi connectivity index (χ0v) is 10.7. The highest BCUT2D eigenvalue weighted by atomic mass is 32.2. The Morgan fingerprint density at radius 3 is 2.76 bits per heavy atom. The molecular weight excluding hydrogens is 244 g/mol. The van der Waals surface area contributed by atoms with Crippen LogP contribution in [-0.4, -0.2) is 36.5 Å². The van der Waals surface area contributed by atoms with Gasteiger partial charge in [-0.1, -0.05) is 6.92 Å². The van der Waals surface area contributed by atoms with Crippen molar-refractivity contribution in [2.24, 2.45) is 5.92 Å². The zero-order chi connectivity index (χ0) is 13.1. The van der Waals surface area contributed by atoms with Gasteiger partial charge in [-0.2, -0.15) is 5.10 Å². The number of hydrogen-bond donors (Lipinski definition) is 3. The Morgan fingerprint density at radius 2 is 2.29 bits per heavy atom. The predicted molar refractivity (Wildman–Crippen MR) is 63.8 cm³/mol. The second-order valence-corrected chi connectivity index (χ2v) is 5.61. The van der Waals surface area contributed by atoms with Crippen molar-refractivity contribution in [1.82, 2.24) is 14.5 Å². The van der Waals surface area contributed by atoms with E-state index in [9.17, 15) is 8.42 Å². The number of rotatable bonds is 6. The van der Waals surface area contributed by atoms with Gasteiger partial charge in [0.05, 0.1) is 0 Å². The van der Waals surface area contributed by atoms with Gasteiger partial charge >= 0.3 is 0 Å². The number of aliphatic hydroxyl groups excluding tert-OH is 1. The molecular formula is C9H18N4O3S. The van der Waals surface area contributed by atoms with Crippen LogP contribution in [0.2, 0.25) is 0 Å². The Labute approximate surface area is 101 Å². The molecule has 17 heavy (non-hydrogen) atoms. The fourth-order valence-electron chi connectivity index (χ4n) is 1.18.